The first-order chi connectivity index (χ1) is 7.95. The van der Waals surface area contributed by atoms with Gasteiger partial charge >= 0.3 is 0 Å². The van der Waals surface area contributed by atoms with Crippen molar-refractivity contribution < 1.29 is 13.2 Å². The summed E-state index contributed by atoms with van der Waals surface area (Å²) in [4.78, 5) is 0.0458. The zero-order valence-electron chi connectivity index (χ0n) is 9.03. The molecule has 0 bridgehead atoms. The van der Waals surface area contributed by atoms with Crippen LogP contribution in [-0.2, 0) is 9.05 Å². The van der Waals surface area contributed by atoms with Crippen molar-refractivity contribution in [3.63, 3.8) is 0 Å². The summed E-state index contributed by atoms with van der Waals surface area (Å²) in [5.74, 6) is 0.595. The molecule has 0 saturated heterocycles. The van der Waals surface area contributed by atoms with Gasteiger partial charge in [-0.15, -0.1) is 6.58 Å². The molecule has 3 nitrogen and oxygen atoms in total. The molecule has 0 radical (unpaired) electrons. The smallest absolute Gasteiger partial charge is 0.261 e. The molecule has 1 aromatic rings. The van der Waals surface area contributed by atoms with Gasteiger partial charge in [0.2, 0.25) is 0 Å². The van der Waals surface area contributed by atoms with Crippen LogP contribution >= 0.6 is 26.6 Å². The molecule has 94 valence electrons. The highest BCUT2D eigenvalue weighted by Gasteiger charge is 2.12. The van der Waals surface area contributed by atoms with Crippen LogP contribution in [0.4, 0.5) is 0 Å². The van der Waals surface area contributed by atoms with E-state index in [0.717, 1.165) is 12.8 Å². The number of benzene rings is 1. The number of unbranched alkanes of at least 4 members (excludes halogenated alkanes) is 1. The normalized spacial score (nSPS) is 11.2. The van der Waals surface area contributed by atoms with Crippen LogP contribution in [0.5, 0.6) is 5.75 Å². The molecular weight excluding hydrogens is 328 g/mol. The van der Waals surface area contributed by atoms with Gasteiger partial charge in [-0.05, 0) is 47.0 Å². The van der Waals surface area contributed by atoms with Gasteiger partial charge in [-0.25, -0.2) is 8.42 Å². The minimum atomic E-state index is -3.70. The second kappa shape index (κ2) is 6.42. The Kier molecular flexibility index (Phi) is 5.49. The Balaban J connectivity index is 2.73. The van der Waals surface area contributed by atoms with Crippen molar-refractivity contribution in [2.24, 2.45) is 0 Å². The van der Waals surface area contributed by atoms with E-state index in [1.54, 1.807) is 6.07 Å². The van der Waals surface area contributed by atoms with Crippen LogP contribution in [-0.4, -0.2) is 15.0 Å². The average Bonchev–Trinajstić information content (AvgIpc) is 2.24. The van der Waals surface area contributed by atoms with Crippen LogP contribution in [0.2, 0.25) is 0 Å². The van der Waals surface area contributed by atoms with Crippen molar-refractivity contribution in [2.45, 2.75) is 17.7 Å². The van der Waals surface area contributed by atoms with E-state index in [4.69, 9.17) is 15.4 Å². The van der Waals surface area contributed by atoms with Crippen molar-refractivity contribution in [1.29, 1.82) is 0 Å². The first-order valence-corrected chi connectivity index (χ1v) is 8.03. The SMILES string of the molecule is C=CCCCOc1ccc(S(=O)(=O)Cl)cc1Br. The third kappa shape index (κ3) is 4.69. The number of allylic oxidation sites excluding steroid dienone is 1. The minimum absolute atomic E-state index is 0.0458. The van der Waals surface area contributed by atoms with Crippen LogP contribution < -0.4 is 4.74 Å². The molecule has 0 aliphatic heterocycles. The molecule has 0 amide bonds. The van der Waals surface area contributed by atoms with E-state index in [2.05, 4.69) is 22.5 Å². The van der Waals surface area contributed by atoms with Gasteiger partial charge in [-0.3, -0.25) is 0 Å². The van der Waals surface area contributed by atoms with Crippen LogP contribution in [0, 0.1) is 0 Å². The second-order valence-electron chi connectivity index (χ2n) is 3.31. The monoisotopic (exact) mass is 338 g/mol. The highest BCUT2D eigenvalue weighted by atomic mass is 79.9. The zero-order valence-corrected chi connectivity index (χ0v) is 12.2. The Morgan fingerprint density at radius 3 is 2.71 bits per heavy atom. The van der Waals surface area contributed by atoms with E-state index in [1.807, 2.05) is 6.08 Å². The fraction of sp³-hybridized carbons (Fsp3) is 0.273. The average molecular weight is 340 g/mol. The molecule has 0 spiro atoms. The number of rotatable bonds is 6. The quantitative estimate of drug-likeness (QED) is 0.451. The molecule has 0 fully saturated rings. The molecule has 17 heavy (non-hydrogen) atoms. The molecule has 0 atom stereocenters. The van der Waals surface area contributed by atoms with Gasteiger partial charge in [0.25, 0.3) is 9.05 Å². The lowest BCUT2D eigenvalue weighted by Gasteiger charge is -2.08. The van der Waals surface area contributed by atoms with Crippen LogP contribution in [0.25, 0.3) is 0 Å². The Bertz CT molecular complexity index is 499. The minimum Gasteiger partial charge on any atom is -0.492 e. The summed E-state index contributed by atoms with van der Waals surface area (Å²) < 4.78 is 28.2. The second-order valence-corrected chi connectivity index (χ2v) is 6.73. The summed E-state index contributed by atoms with van der Waals surface area (Å²) >= 11 is 3.24. The first-order valence-electron chi connectivity index (χ1n) is 4.93. The van der Waals surface area contributed by atoms with Gasteiger partial charge < -0.3 is 4.74 Å². The predicted octanol–water partition coefficient (Wildman–Crippen LogP) is 3.72. The van der Waals surface area contributed by atoms with E-state index >= 15 is 0 Å². The molecule has 6 heteroatoms. The fourth-order valence-corrected chi connectivity index (χ4v) is 2.58. The first kappa shape index (κ1) is 14.5. The van der Waals surface area contributed by atoms with Gasteiger partial charge in [-0.2, -0.15) is 0 Å². The molecule has 1 aromatic carbocycles. The molecule has 0 heterocycles. The lowest BCUT2D eigenvalue weighted by atomic mass is 10.3. The standard InChI is InChI=1S/C11H12BrClO3S/c1-2-3-4-7-16-11-6-5-9(8-10(11)12)17(13,14)15/h2,5-6,8H,1,3-4,7H2. The van der Waals surface area contributed by atoms with Gasteiger partial charge in [0.15, 0.2) is 0 Å². The Labute approximate surface area is 114 Å². The van der Waals surface area contributed by atoms with Crippen molar-refractivity contribution in [1.82, 2.24) is 0 Å². The summed E-state index contributed by atoms with van der Waals surface area (Å²) in [6, 6.07) is 4.41. The summed E-state index contributed by atoms with van der Waals surface area (Å²) in [6.07, 6.45) is 3.57. The maximum atomic E-state index is 11.1. The number of hydrogen-bond donors (Lipinski definition) is 0. The van der Waals surface area contributed by atoms with E-state index < -0.39 is 9.05 Å². The van der Waals surface area contributed by atoms with E-state index in [1.165, 1.54) is 12.1 Å². The van der Waals surface area contributed by atoms with Crippen LogP contribution in [0.1, 0.15) is 12.8 Å². The van der Waals surface area contributed by atoms with Crippen LogP contribution in [0.3, 0.4) is 0 Å². The number of ether oxygens (including phenoxy) is 1. The Morgan fingerprint density at radius 1 is 1.47 bits per heavy atom. The van der Waals surface area contributed by atoms with Crippen LogP contribution in [0.15, 0.2) is 40.2 Å². The van der Waals surface area contributed by atoms with E-state index in [0.29, 0.717) is 16.8 Å². The van der Waals surface area contributed by atoms with E-state index in [9.17, 15) is 8.42 Å². The molecule has 0 unspecified atom stereocenters. The zero-order chi connectivity index (χ0) is 12.9. The Morgan fingerprint density at radius 2 is 2.18 bits per heavy atom. The maximum Gasteiger partial charge on any atom is 0.261 e. The third-order valence-electron chi connectivity index (χ3n) is 2.00. The molecule has 0 aliphatic carbocycles. The predicted molar refractivity (Wildman–Crippen MR) is 72.1 cm³/mol. The van der Waals surface area contributed by atoms with Crippen molar-refractivity contribution in [3.05, 3.63) is 35.3 Å². The molecule has 0 aromatic heterocycles. The number of halogens is 2. The van der Waals surface area contributed by atoms with Gasteiger partial charge in [0.05, 0.1) is 16.0 Å². The van der Waals surface area contributed by atoms with Gasteiger partial charge in [0.1, 0.15) is 5.75 Å². The molecule has 0 aliphatic rings. The molecular formula is C11H12BrClO3S. The topological polar surface area (TPSA) is 43.4 Å². The van der Waals surface area contributed by atoms with Gasteiger partial charge in [-0.1, -0.05) is 6.08 Å². The summed E-state index contributed by atoms with van der Waals surface area (Å²) in [6.45, 7) is 4.17. The van der Waals surface area contributed by atoms with Crippen molar-refractivity contribution in [2.75, 3.05) is 6.61 Å². The van der Waals surface area contributed by atoms with Crippen molar-refractivity contribution in [3.8, 4) is 5.75 Å². The van der Waals surface area contributed by atoms with Gasteiger partial charge in [0, 0.05) is 10.7 Å². The summed E-state index contributed by atoms with van der Waals surface area (Å²) in [7, 11) is 1.53. The molecule has 0 N–H and O–H groups in total. The highest BCUT2D eigenvalue weighted by molar-refractivity contribution is 9.10. The molecule has 1 rings (SSSR count). The highest BCUT2D eigenvalue weighted by Crippen LogP contribution is 2.29. The number of hydrogen-bond acceptors (Lipinski definition) is 3. The lowest BCUT2D eigenvalue weighted by Crippen LogP contribution is -1.98. The summed E-state index contributed by atoms with van der Waals surface area (Å²) in [5.41, 5.74) is 0. The largest absolute Gasteiger partial charge is 0.492 e. The van der Waals surface area contributed by atoms with E-state index in [-0.39, 0.29) is 4.90 Å². The molecule has 0 saturated carbocycles. The van der Waals surface area contributed by atoms with Crippen molar-refractivity contribution >= 4 is 35.7 Å². The Hall–Kier alpha value is -0.520. The lowest BCUT2D eigenvalue weighted by molar-refractivity contribution is 0.310. The fourth-order valence-electron chi connectivity index (χ4n) is 1.16. The third-order valence-corrected chi connectivity index (χ3v) is 3.97. The summed E-state index contributed by atoms with van der Waals surface area (Å²) in [5, 5.41) is 0. The maximum absolute atomic E-state index is 11.1.